The molecule has 0 saturated carbocycles. The molecular formula is C8H16N4O. The van der Waals surface area contributed by atoms with Crippen LogP contribution in [0.2, 0.25) is 0 Å². The Bertz CT molecular complexity index is 189. The number of nitrogens with zero attached hydrogens (tertiary/aromatic N) is 1. The predicted molar refractivity (Wildman–Crippen MR) is 50.6 cm³/mol. The minimum absolute atomic E-state index is 0.000926. The van der Waals surface area contributed by atoms with E-state index in [2.05, 4.69) is 5.32 Å². The molecule has 0 aliphatic carbocycles. The van der Waals surface area contributed by atoms with Crippen molar-refractivity contribution in [2.24, 2.45) is 5.73 Å². The van der Waals surface area contributed by atoms with E-state index in [0.717, 1.165) is 32.2 Å². The number of carbonyl (C=O) groups is 1. The molecule has 1 saturated heterocycles. The summed E-state index contributed by atoms with van der Waals surface area (Å²) in [6.45, 7) is 2.11. The molecule has 0 unspecified atom stereocenters. The zero-order valence-corrected chi connectivity index (χ0v) is 7.62. The van der Waals surface area contributed by atoms with Crippen LogP contribution in [0.3, 0.4) is 0 Å². The van der Waals surface area contributed by atoms with E-state index >= 15 is 0 Å². The number of nitrogens with one attached hydrogen (secondary N) is 2. The van der Waals surface area contributed by atoms with Crippen LogP contribution >= 0.6 is 0 Å². The van der Waals surface area contributed by atoms with Crippen molar-refractivity contribution in [2.75, 3.05) is 19.6 Å². The molecule has 0 spiro atoms. The Morgan fingerprint density at radius 2 is 2.23 bits per heavy atom. The summed E-state index contributed by atoms with van der Waals surface area (Å²) in [7, 11) is 0. The highest BCUT2D eigenvalue weighted by Gasteiger charge is 2.21. The summed E-state index contributed by atoms with van der Waals surface area (Å²) in [5.74, 6) is -0.000926. The van der Waals surface area contributed by atoms with E-state index in [0.29, 0.717) is 0 Å². The summed E-state index contributed by atoms with van der Waals surface area (Å²) in [4.78, 5) is 12.0. The zero-order chi connectivity index (χ0) is 9.68. The molecule has 0 aromatic carbocycles. The van der Waals surface area contributed by atoms with Crippen molar-refractivity contribution >= 4 is 12.2 Å². The molecule has 5 heteroatoms. The van der Waals surface area contributed by atoms with Crippen LogP contribution < -0.4 is 11.1 Å². The molecule has 1 fully saturated rings. The smallest absolute Gasteiger partial charge is 0.189 e. The van der Waals surface area contributed by atoms with Crippen molar-refractivity contribution in [3.05, 3.63) is 0 Å². The highest BCUT2D eigenvalue weighted by molar-refractivity contribution is 5.77. The normalized spacial score (nSPS) is 18.2. The van der Waals surface area contributed by atoms with Crippen LogP contribution in [-0.2, 0) is 4.79 Å². The molecule has 13 heavy (non-hydrogen) atoms. The molecule has 1 heterocycles. The van der Waals surface area contributed by atoms with Crippen molar-refractivity contribution in [1.29, 1.82) is 5.41 Å². The molecule has 74 valence electrons. The highest BCUT2D eigenvalue weighted by atomic mass is 16.1. The second-order valence-corrected chi connectivity index (χ2v) is 3.19. The van der Waals surface area contributed by atoms with Crippen molar-refractivity contribution in [1.82, 2.24) is 10.2 Å². The molecule has 0 radical (unpaired) electrons. The summed E-state index contributed by atoms with van der Waals surface area (Å²) in [6, 6.07) is 0.254. The van der Waals surface area contributed by atoms with Crippen molar-refractivity contribution < 1.29 is 4.79 Å². The molecule has 0 amide bonds. The van der Waals surface area contributed by atoms with Crippen molar-refractivity contribution in [3.63, 3.8) is 0 Å². The summed E-state index contributed by atoms with van der Waals surface area (Å²) in [5.41, 5.74) is 5.38. The summed E-state index contributed by atoms with van der Waals surface area (Å²) >= 11 is 0. The van der Waals surface area contributed by atoms with Crippen LogP contribution in [-0.4, -0.2) is 42.8 Å². The van der Waals surface area contributed by atoms with Gasteiger partial charge in [-0.1, -0.05) is 0 Å². The SMILES string of the molecule is N=C(N)N(CC=O)C1CCNCC1. The lowest BCUT2D eigenvalue weighted by molar-refractivity contribution is -0.108. The van der Waals surface area contributed by atoms with Gasteiger partial charge < -0.3 is 20.7 Å². The molecule has 0 aromatic rings. The van der Waals surface area contributed by atoms with Crippen LogP contribution in [0.15, 0.2) is 0 Å². The Morgan fingerprint density at radius 3 is 2.69 bits per heavy atom. The lowest BCUT2D eigenvalue weighted by Gasteiger charge is -2.33. The van der Waals surface area contributed by atoms with Gasteiger partial charge in [0.05, 0.1) is 6.54 Å². The van der Waals surface area contributed by atoms with Crippen LogP contribution in [0.1, 0.15) is 12.8 Å². The number of carbonyl (C=O) groups excluding carboxylic acids is 1. The van der Waals surface area contributed by atoms with Gasteiger partial charge in [-0.3, -0.25) is 5.41 Å². The largest absolute Gasteiger partial charge is 0.370 e. The standard InChI is InChI=1S/C8H16N4O/c9-8(10)12(5-6-13)7-1-3-11-4-2-7/h6-7,11H,1-5H2,(H3,9,10). The number of guanidine groups is 1. The van der Waals surface area contributed by atoms with E-state index in [9.17, 15) is 4.79 Å². The third-order valence-electron chi connectivity index (χ3n) is 2.33. The van der Waals surface area contributed by atoms with Gasteiger partial charge in [0.25, 0.3) is 0 Å². The van der Waals surface area contributed by atoms with E-state index in [4.69, 9.17) is 11.1 Å². The van der Waals surface area contributed by atoms with E-state index < -0.39 is 0 Å². The number of hydrogen-bond donors (Lipinski definition) is 3. The number of hydrogen-bond acceptors (Lipinski definition) is 3. The topological polar surface area (TPSA) is 82.2 Å². The maximum absolute atomic E-state index is 10.4. The van der Waals surface area contributed by atoms with Gasteiger partial charge in [-0.15, -0.1) is 0 Å². The Balaban J connectivity index is 2.51. The molecule has 0 aromatic heterocycles. The maximum Gasteiger partial charge on any atom is 0.189 e. The van der Waals surface area contributed by atoms with E-state index in [-0.39, 0.29) is 18.5 Å². The average molecular weight is 184 g/mol. The highest BCUT2D eigenvalue weighted by Crippen LogP contribution is 2.09. The third kappa shape index (κ3) is 2.69. The van der Waals surface area contributed by atoms with Crippen molar-refractivity contribution in [2.45, 2.75) is 18.9 Å². The van der Waals surface area contributed by atoms with Gasteiger partial charge in [-0.25, -0.2) is 0 Å². The fraction of sp³-hybridized carbons (Fsp3) is 0.750. The molecule has 1 rings (SSSR count). The molecule has 4 N–H and O–H groups in total. The summed E-state index contributed by atoms with van der Waals surface area (Å²) in [6.07, 6.45) is 2.70. The Hall–Kier alpha value is -1.10. The van der Waals surface area contributed by atoms with E-state index in [1.54, 1.807) is 4.90 Å². The monoisotopic (exact) mass is 184 g/mol. The number of rotatable bonds is 3. The Kier molecular flexibility index (Phi) is 3.70. The predicted octanol–water partition coefficient (Wildman–Crippen LogP) is -0.867. The minimum atomic E-state index is -0.000926. The van der Waals surface area contributed by atoms with Gasteiger partial charge in [0.2, 0.25) is 0 Å². The van der Waals surface area contributed by atoms with Crippen LogP contribution in [0.5, 0.6) is 0 Å². The van der Waals surface area contributed by atoms with E-state index in [1.165, 1.54) is 0 Å². The lowest BCUT2D eigenvalue weighted by atomic mass is 10.1. The second kappa shape index (κ2) is 4.81. The fourth-order valence-corrected chi connectivity index (χ4v) is 1.64. The first kappa shape index (κ1) is 9.98. The average Bonchev–Trinajstić information content (AvgIpc) is 2.15. The minimum Gasteiger partial charge on any atom is -0.370 e. The quantitative estimate of drug-likeness (QED) is 0.302. The van der Waals surface area contributed by atoms with Gasteiger partial charge >= 0.3 is 0 Å². The van der Waals surface area contributed by atoms with E-state index in [1.807, 2.05) is 0 Å². The molecule has 0 bridgehead atoms. The zero-order valence-electron chi connectivity index (χ0n) is 7.62. The fourth-order valence-electron chi connectivity index (χ4n) is 1.64. The second-order valence-electron chi connectivity index (χ2n) is 3.19. The lowest BCUT2D eigenvalue weighted by Crippen LogP contribution is -2.49. The first-order chi connectivity index (χ1) is 6.25. The van der Waals surface area contributed by atoms with Crippen molar-refractivity contribution in [3.8, 4) is 0 Å². The first-order valence-electron chi connectivity index (χ1n) is 4.50. The van der Waals surface area contributed by atoms with Gasteiger partial charge in [0, 0.05) is 6.04 Å². The van der Waals surface area contributed by atoms with Gasteiger partial charge in [-0.2, -0.15) is 0 Å². The van der Waals surface area contributed by atoms with Gasteiger partial charge in [0.15, 0.2) is 5.96 Å². The number of piperidine rings is 1. The van der Waals surface area contributed by atoms with Gasteiger partial charge in [-0.05, 0) is 25.9 Å². The Labute approximate surface area is 77.8 Å². The molecular weight excluding hydrogens is 168 g/mol. The van der Waals surface area contributed by atoms with Crippen LogP contribution in [0, 0.1) is 5.41 Å². The maximum atomic E-state index is 10.4. The molecule has 0 atom stereocenters. The molecule has 5 nitrogen and oxygen atoms in total. The summed E-state index contributed by atoms with van der Waals surface area (Å²) < 4.78 is 0. The van der Waals surface area contributed by atoms with Crippen LogP contribution in [0.25, 0.3) is 0 Å². The van der Waals surface area contributed by atoms with Crippen LogP contribution in [0.4, 0.5) is 0 Å². The third-order valence-corrected chi connectivity index (χ3v) is 2.33. The Morgan fingerprint density at radius 1 is 1.62 bits per heavy atom. The molecule has 1 aliphatic rings. The number of aldehydes is 1. The first-order valence-corrected chi connectivity index (χ1v) is 4.50. The molecule has 1 aliphatic heterocycles. The number of nitrogens with two attached hydrogens (primary N) is 1. The summed E-state index contributed by atoms with van der Waals surface area (Å²) in [5, 5.41) is 10.5. The van der Waals surface area contributed by atoms with Gasteiger partial charge in [0.1, 0.15) is 6.29 Å².